The molecule has 0 radical (unpaired) electrons. The normalized spacial score (nSPS) is 16.0. The molecule has 2 N–H and O–H groups in total. The number of rotatable bonds is 4. The SMILES string of the molecule is CC(C)n1cc(C2=CCCN(C(=O)N[C@@H](C)c3nc4ccccc4[nH]3)CC2)nn1. The molecule has 0 spiro atoms. The maximum absolute atomic E-state index is 12.8. The van der Waals surface area contributed by atoms with E-state index in [1.54, 1.807) is 0 Å². The van der Waals surface area contributed by atoms with E-state index in [1.165, 1.54) is 0 Å². The molecule has 1 atom stereocenters. The fourth-order valence-corrected chi connectivity index (χ4v) is 3.50. The van der Waals surface area contributed by atoms with E-state index in [1.807, 2.05) is 47.0 Å². The number of nitrogens with zero attached hydrogens (tertiary/aromatic N) is 5. The number of para-hydroxylation sites is 2. The number of H-pyrrole nitrogens is 1. The van der Waals surface area contributed by atoms with Gasteiger partial charge in [0.2, 0.25) is 0 Å². The number of amides is 2. The largest absolute Gasteiger partial charge is 0.340 e. The fraction of sp³-hybridized carbons (Fsp3) is 0.429. The van der Waals surface area contributed by atoms with Crippen molar-refractivity contribution in [1.29, 1.82) is 0 Å². The summed E-state index contributed by atoms with van der Waals surface area (Å²) < 4.78 is 1.86. The molecule has 3 aromatic rings. The van der Waals surface area contributed by atoms with Gasteiger partial charge in [-0.05, 0) is 51.3 Å². The van der Waals surface area contributed by atoms with Crippen LogP contribution in [0.25, 0.3) is 16.6 Å². The van der Waals surface area contributed by atoms with Gasteiger partial charge in [-0.15, -0.1) is 5.10 Å². The number of aromatic amines is 1. The zero-order chi connectivity index (χ0) is 20.4. The van der Waals surface area contributed by atoms with Gasteiger partial charge in [0, 0.05) is 19.1 Å². The van der Waals surface area contributed by atoms with Crippen molar-refractivity contribution in [2.75, 3.05) is 13.1 Å². The van der Waals surface area contributed by atoms with Crippen molar-refractivity contribution in [3.05, 3.63) is 48.1 Å². The molecule has 0 saturated heterocycles. The van der Waals surface area contributed by atoms with Crippen LogP contribution in [0.1, 0.15) is 57.2 Å². The van der Waals surface area contributed by atoms with Crippen molar-refractivity contribution in [2.45, 2.75) is 45.7 Å². The van der Waals surface area contributed by atoms with Crippen molar-refractivity contribution in [2.24, 2.45) is 0 Å². The second kappa shape index (κ2) is 8.06. The summed E-state index contributed by atoms with van der Waals surface area (Å²) in [6, 6.07) is 7.88. The highest BCUT2D eigenvalue weighted by Gasteiger charge is 2.21. The first-order chi connectivity index (χ1) is 14.0. The van der Waals surface area contributed by atoms with Crippen LogP contribution in [-0.4, -0.2) is 49.0 Å². The summed E-state index contributed by atoms with van der Waals surface area (Å²) in [5.41, 5.74) is 3.93. The minimum atomic E-state index is -0.198. The molecule has 1 aliphatic heterocycles. The molecule has 0 unspecified atom stereocenters. The minimum absolute atomic E-state index is 0.0709. The monoisotopic (exact) mass is 393 g/mol. The molecule has 2 aromatic heterocycles. The van der Waals surface area contributed by atoms with Crippen LogP contribution >= 0.6 is 0 Å². The molecule has 4 rings (SSSR count). The number of carbonyl (C=O) groups excluding carboxylic acids is 1. The van der Waals surface area contributed by atoms with Crippen molar-refractivity contribution in [3.8, 4) is 0 Å². The molecule has 0 fully saturated rings. The molecule has 0 bridgehead atoms. The average Bonchev–Trinajstić information content (AvgIpc) is 3.29. The highest BCUT2D eigenvalue weighted by Crippen LogP contribution is 2.22. The quantitative estimate of drug-likeness (QED) is 0.707. The van der Waals surface area contributed by atoms with E-state index in [0.717, 1.165) is 41.0 Å². The number of carbonyl (C=O) groups is 1. The first-order valence-electron chi connectivity index (χ1n) is 10.1. The zero-order valence-electron chi connectivity index (χ0n) is 17.1. The van der Waals surface area contributed by atoms with Gasteiger partial charge < -0.3 is 15.2 Å². The molecular formula is C21H27N7O. The number of fused-ring (bicyclic) bond motifs is 1. The Bertz CT molecular complexity index is 1000. The zero-order valence-corrected chi connectivity index (χ0v) is 17.1. The molecule has 1 aliphatic rings. The van der Waals surface area contributed by atoms with Gasteiger partial charge in [-0.3, -0.25) is 0 Å². The van der Waals surface area contributed by atoms with Crippen LogP contribution in [0.4, 0.5) is 4.79 Å². The molecule has 29 heavy (non-hydrogen) atoms. The van der Waals surface area contributed by atoms with Crippen LogP contribution in [0.3, 0.4) is 0 Å². The van der Waals surface area contributed by atoms with Crippen molar-refractivity contribution >= 4 is 22.6 Å². The second-order valence-electron chi connectivity index (χ2n) is 7.74. The van der Waals surface area contributed by atoms with Crippen LogP contribution in [-0.2, 0) is 0 Å². The summed E-state index contributed by atoms with van der Waals surface area (Å²) in [7, 11) is 0. The maximum Gasteiger partial charge on any atom is 0.317 e. The maximum atomic E-state index is 12.8. The predicted molar refractivity (Wildman–Crippen MR) is 112 cm³/mol. The first-order valence-corrected chi connectivity index (χ1v) is 10.1. The molecule has 8 nitrogen and oxygen atoms in total. The molecule has 0 aliphatic carbocycles. The number of urea groups is 1. The summed E-state index contributed by atoms with van der Waals surface area (Å²) in [5, 5.41) is 11.6. The Morgan fingerprint density at radius 1 is 1.21 bits per heavy atom. The highest BCUT2D eigenvalue weighted by atomic mass is 16.2. The molecule has 3 heterocycles. The third-order valence-corrected chi connectivity index (χ3v) is 5.25. The van der Waals surface area contributed by atoms with Gasteiger partial charge >= 0.3 is 6.03 Å². The van der Waals surface area contributed by atoms with Gasteiger partial charge in [0.15, 0.2) is 0 Å². The third kappa shape index (κ3) is 4.16. The highest BCUT2D eigenvalue weighted by molar-refractivity contribution is 5.77. The first kappa shape index (κ1) is 19.2. The van der Waals surface area contributed by atoms with Crippen LogP contribution in [0.5, 0.6) is 0 Å². The lowest BCUT2D eigenvalue weighted by molar-refractivity contribution is 0.197. The summed E-state index contributed by atoms with van der Waals surface area (Å²) in [4.78, 5) is 22.5. The van der Waals surface area contributed by atoms with Crippen LogP contribution in [0, 0.1) is 0 Å². The van der Waals surface area contributed by atoms with Gasteiger partial charge in [-0.2, -0.15) is 0 Å². The minimum Gasteiger partial charge on any atom is -0.340 e. The number of hydrogen-bond acceptors (Lipinski definition) is 4. The van der Waals surface area contributed by atoms with Crippen molar-refractivity contribution in [1.82, 2.24) is 35.2 Å². The predicted octanol–water partition coefficient (Wildman–Crippen LogP) is 3.69. The van der Waals surface area contributed by atoms with Gasteiger partial charge in [-0.25, -0.2) is 14.5 Å². The number of hydrogen-bond donors (Lipinski definition) is 2. The lowest BCUT2D eigenvalue weighted by Gasteiger charge is -2.23. The smallest absolute Gasteiger partial charge is 0.317 e. The Kier molecular flexibility index (Phi) is 5.33. The third-order valence-electron chi connectivity index (χ3n) is 5.25. The Morgan fingerprint density at radius 3 is 2.79 bits per heavy atom. The molecule has 2 amide bonds. The molecular weight excluding hydrogens is 366 g/mol. The van der Waals surface area contributed by atoms with E-state index < -0.39 is 0 Å². The van der Waals surface area contributed by atoms with Gasteiger partial charge in [-0.1, -0.05) is 23.4 Å². The Labute approximate surface area is 170 Å². The topological polar surface area (TPSA) is 91.7 Å². The Balaban J connectivity index is 1.37. The number of aromatic nitrogens is 5. The van der Waals surface area contributed by atoms with Crippen molar-refractivity contribution < 1.29 is 4.79 Å². The van der Waals surface area contributed by atoms with E-state index in [4.69, 9.17) is 0 Å². The van der Waals surface area contributed by atoms with Crippen LogP contribution < -0.4 is 5.32 Å². The van der Waals surface area contributed by atoms with E-state index in [-0.39, 0.29) is 18.1 Å². The lowest BCUT2D eigenvalue weighted by Crippen LogP contribution is -2.41. The van der Waals surface area contributed by atoms with Gasteiger partial charge in [0.05, 0.1) is 23.3 Å². The summed E-state index contributed by atoms with van der Waals surface area (Å²) in [6.45, 7) is 7.44. The number of benzene rings is 1. The standard InChI is InChI=1S/C21H27N7O/c1-14(2)28-13-19(25-26-28)16-7-6-11-27(12-10-16)21(29)22-15(3)20-23-17-8-4-5-9-18(17)24-20/h4-5,7-9,13-15H,6,10-12H2,1-3H3,(H,22,29)(H,23,24)/t15-/m0/s1. The van der Waals surface area contributed by atoms with Gasteiger partial charge in [0.1, 0.15) is 11.5 Å². The summed E-state index contributed by atoms with van der Waals surface area (Å²) in [6.07, 6.45) is 5.72. The summed E-state index contributed by atoms with van der Waals surface area (Å²) >= 11 is 0. The molecule has 152 valence electrons. The Hall–Kier alpha value is -3.16. The summed E-state index contributed by atoms with van der Waals surface area (Å²) in [5.74, 6) is 0.762. The fourth-order valence-electron chi connectivity index (χ4n) is 3.50. The van der Waals surface area contributed by atoms with Gasteiger partial charge in [0.25, 0.3) is 0 Å². The van der Waals surface area contributed by atoms with E-state index >= 15 is 0 Å². The molecule has 8 heteroatoms. The Morgan fingerprint density at radius 2 is 2.03 bits per heavy atom. The van der Waals surface area contributed by atoms with E-state index in [2.05, 4.69) is 45.5 Å². The lowest BCUT2D eigenvalue weighted by atomic mass is 10.1. The van der Waals surface area contributed by atoms with E-state index in [9.17, 15) is 4.79 Å². The van der Waals surface area contributed by atoms with Crippen LogP contribution in [0.2, 0.25) is 0 Å². The van der Waals surface area contributed by atoms with E-state index in [0.29, 0.717) is 13.1 Å². The van der Waals surface area contributed by atoms with Crippen molar-refractivity contribution in [3.63, 3.8) is 0 Å². The molecule has 1 aromatic carbocycles. The number of nitrogens with one attached hydrogen (secondary N) is 2. The second-order valence-corrected chi connectivity index (χ2v) is 7.74. The number of imidazole rings is 1. The van der Waals surface area contributed by atoms with Crippen LogP contribution in [0.15, 0.2) is 36.5 Å². The average molecular weight is 393 g/mol. The molecule has 0 saturated carbocycles.